The third-order valence-electron chi connectivity index (χ3n) is 4.87. The molecule has 3 heterocycles. The normalized spacial score (nSPS) is 26.7. The number of aromatic nitrogens is 1. The van der Waals surface area contributed by atoms with Crippen molar-refractivity contribution in [3.05, 3.63) is 17.0 Å². The quantitative estimate of drug-likeness (QED) is 0.887. The van der Waals surface area contributed by atoms with Gasteiger partial charge in [0.15, 0.2) is 0 Å². The van der Waals surface area contributed by atoms with Crippen molar-refractivity contribution >= 4 is 5.97 Å². The van der Waals surface area contributed by atoms with E-state index in [1.807, 2.05) is 18.7 Å². The second-order valence-corrected chi connectivity index (χ2v) is 6.75. The van der Waals surface area contributed by atoms with Gasteiger partial charge in [-0.3, -0.25) is 14.6 Å². The van der Waals surface area contributed by atoms with Gasteiger partial charge >= 0.3 is 5.97 Å². The van der Waals surface area contributed by atoms with Gasteiger partial charge in [0.25, 0.3) is 0 Å². The summed E-state index contributed by atoms with van der Waals surface area (Å²) in [5, 5.41) is 13.1. The lowest BCUT2D eigenvalue weighted by Crippen LogP contribution is -2.60. The molecule has 1 atom stereocenters. The van der Waals surface area contributed by atoms with E-state index in [4.69, 9.17) is 14.4 Å². The molecule has 7 nitrogen and oxygen atoms in total. The number of piperidine rings is 1. The molecule has 0 saturated carbocycles. The van der Waals surface area contributed by atoms with Crippen LogP contribution in [0.3, 0.4) is 0 Å². The van der Waals surface area contributed by atoms with Crippen LogP contribution in [0.15, 0.2) is 4.52 Å². The lowest BCUT2D eigenvalue weighted by molar-refractivity contribution is -0.154. The van der Waals surface area contributed by atoms with Gasteiger partial charge in [0.2, 0.25) is 0 Å². The molecule has 23 heavy (non-hydrogen) atoms. The van der Waals surface area contributed by atoms with E-state index in [0.29, 0.717) is 19.7 Å². The van der Waals surface area contributed by atoms with E-state index in [2.05, 4.69) is 10.1 Å². The first-order valence-electron chi connectivity index (χ1n) is 8.20. The monoisotopic (exact) mass is 323 g/mol. The van der Waals surface area contributed by atoms with E-state index in [-0.39, 0.29) is 12.1 Å². The SMILES string of the molecule is Cc1noc(C)c1CN1CCC[C@]2(CN(CC(=O)O)CCO2)C1. The zero-order valence-corrected chi connectivity index (χ0v) is 13.9. The molecule has 7 heteroatoms. The summed E-state index contributed by atoms with van der Waals surface area (Å²) in [6.45, 7) is 8.65. The Morgan fingerprint density at radius 2 is 2.09 bits per heavy atom. The average molecular weight is 323 g/mol. The molecule has 2 aliphatic rings. The topological polar surface area (TPSA) is 79.0 Å². The third-order valence-corrected chi connectivity index (χ3v) is 4.87. The highest BCUT2D eigenvalue weighted by molar-refractivity contribution is 5.69. The van der Waals surface area contributed by atoms with Gasteiger partial charge < -0.3 is 14.4 Å². The number of hydrogen-bond acceptors (Lipinski definition) is 6. The van der Waals surface area contributed by atoms with Gasteiger partial charge in [0, 0.05) is 31.7 Å². The van der Waals surface area contributed by atoms with Crippen molar-refractivity contribution in [1.29, 1.82) is 0 Å². The zero-order valence-electron chi connectivity index (χ0n) is 13.9. The molecule has 0 aliphatic carbocycles. The minimum atomic E-state index is -0.773. The molecular formula is C16H25N3O4. The molecular weight excluding hydrogens is 298 g/mol. The molecule has 0 radical (unpaired) electrons. The van der Waals surface area contributed by atoms with E-state index >= 15 is 0 Å². The smallest absolute Gasteiger partial charge is 0.317 e. The minimum Gasteiger partial charge on any atom is -0.480 e. The van der Waals surface area contributed by atoms with Crippen molar-refractivity contribution < 1.29 is 19.2 Å². The summed E-state index contributed by atoms with van der Waals surface area (Å²) in [4.78, 5) is 15.3. The zero-order chi connectivity index (χ0) is 16.4. The molecule has 0 unspecified atom stereocenters. The highest BCUT2D eigenvalue weighted by Gasteiger charge is 2.41. The van der Waals surface area contributed by atoms with Gasteiger partial charge in [-0.25, -0.2) is 0 Å². The Morgan fingerprint density at radius 1 is 1.30 bits per heavy atom. The van der Waals surface area contributed by atoms with Gasteiger partial charge in [-0.05, 0) is 33.2 Å². The number of carboxylic acid groups (broad SMARTS) is 1. The summed E-state index contributed by atoms with van der Waals surface area (Å²) in [6.07, 6.45) is 2.05. The van der Waals surface area contributed by atoms with E-state index in [1.54, 1.807) is 0 Å². The fourth-order valence-corrected chi connectivity index (χ4v) is 3.77. The van der Waals surface area contributed by atoms with Crippen LogP contribution in [-0.2, 0) is 16.1 Å². The number of rotatable bonds is 4. The van der Waals surface area contributed by atoms with Gasteiger partial charge in [0.1, 0.15) is 5.76 Å². The van der Waals surface area contributed by atoms with Crippen LogP contribution in [0.4, 0.5) is 0 Å². The number of hydrogen-bond donors (Lipinski definition) is 1. The number of carboxylic acids is 1. The maximum Gasteiger partial charge on any atom is 0.317 e. The summed E-state index contributed by atoms with van der Waals surface area (Å²) in [7, 11) is 0. The molecule has 0 bridgehead atoms. The Bertz CT molecular complexity index is 550. The van der Waals surface area contributed by atoms with Gasteiger partial charge in [-0.2, -0.15) is 0 Å². The lowest BCUT2D eigenvalue weighted by atomic mass is 9.90. The summed E-state index contributed by atoms with van der Waals surface area (Å²) < 4.78 is 11.4. The van der Waals surface area contributed by atoms with Crippen molar-refractivity contribution in [3.63, 3.8) is 0 Å². The largest absolute Gasteiger partial charge is 0.480 e. The van der Waals surface area contributed by atoms with Crippen LogP contribution in [0.5, 0.6) is 0 Å². The van der Waals surface area contributed by atoms with Crippen LogP contribution >= 0.6 is 0 Å². The molecule has 1 aromatic rings. The Morgan fingerprint density at radius 3 is 2.78 bits per heavy atom. The first kappa shape index (κ1) is 16.4. The highest BCUT2D eigenvalue weighted by Crippen LogP contribution is 2.30. The second kappa shape index (κ2) is 6.59. The maximum absolute atomic E-state index is 11.0. The molecule has 2 fully saturated rings. The number of nitrogens with zero attached hydrogens (tertiary/aromatic N) is 3. The van der Waals surface area contributed by atoms with Crippen molar-refractivity contribution in [1.82, 2.24) is 15.0 Å². The highest BCUT2D eigenvalue weighted by atomic mass is 16.5. The van der Waals surface area contributed by atoms with E-state index in [0.717, 1.165) is 49.5 Å². The van der Waals surface area contributed by atoms with Gasteiger partial charge in [-0.1, -0.05) is 5.16 Å². The molecule has 0 aromatic carbocycles. The van der Waals surface area contributed by atoms with Crippen LogP contribution in [0, 0.1) is 13.8 Å². The van der Waals surface area contributed by atoms with Crippen molar-refractivity contribution in [2.75, 3.05) is 39.3 Å². The molecule has 128 valence electrons. The van der Waals surface area contributed by atoms with E-state index in [9.17, 15) is 4.79 Å². The summed E-state index contributed by atoms with van der Waals surface area (Å²) in [5.74, 6) is 0.102. The van der Waals surface area contributed by atoms with Crippen molar-refractivity contribution in [2.24, 2.45) is 0 Å². The van der Waals surface area contributed by atoms with Crippen LogP contribution in [0.2, 0.25) is 0 Å². The second-order valence-electron chi connectivity index (χ2n) is 6.75. The van der Waals surface area contributed by atoms with Gasteiger partial charge in [0.05, 0.1) is 24.4 Å². The Labute approximate surface area is 136 Å². The van der Waals surface area contributed by atoms with Crippen LogP contribution in [0.1, 0.15) is 29.9 Å². The maximum atomic E-state index is 11.0. The number of carbonyl (C=O) groups is 1. The third kappa shape index (κ3) is 3.73. The van der Waals surface area contributed by atoms with E-state index < -0.39 is 5.97 Å². The molecule has 2 saturated heterocycles. The molecule has 2 aliphatic heterocycles. The number of ether oxygens (including phenoxy) is 1. The fraction of sp³-hybridized carbons (Fsp3) is 0.750. The standard InChI is InChI=1S/C16H25N3O4/c1-12-14(13(2)23-17-12)8-18-5-3-4-16(10-18)11-19(6-7-22-16)9-15(20)21/h3-11H2,1-2H3,(H,20,21)/t16-/m1/s1. The number of likely N-dealkylation sites (tertiary alicyclic amines) is 1. The number of aryl methyl sites for hydroxylation is 2. The molecule has 1 spiro atoms. The molecule has 1 N–H and O–H groups in total. The first-order valence-corrected chi connectivity index (χ1v) is 8.20. The van der Waals surface area contributed by atoms with E-state index in [1.165, 1.54) is 0 Å². The minimum absolute atomic E-state index is 0.0922. The average Bonchev–Trinajstić information content (AvgIpc) is 2.79. The molecule has 1 aromatic heterocycles. The lowest BCUT2D eigenvalue weighted by Gasteiger charge is -2.47. The van der Waals surface area contributed by atoms with Crippen LogP contribution < -0.4 is 0 Å². The summed E-state index contributed by atoms with van der Waals surface area (Å²) in [5.41, 5.74) is 1.85. The fourth-order valence-electron chi connectivity index (χ4n) is 3.77. The predicted octanol–water partition coefficient (Wildman–Crippen LogP) is 1.04. The Hall–Kier alpha value is -1.44. The first-order chi connectivity index (χ1) is 11.0. The Balaban J connectivity index is 1.66. The van der Waals surface area contributed by atoms with Gasteiger partial charge in [-0.15, -0.1) is 0 Å². The predicted molar refractivity (Wildman–Crippen MR) is 83.2 cm³/mol. The van der Waals surface area contributed by atoms with Crippen LogP contribution in [0.25, 0.3) is 0 Å². The number of aliphatic carboxylic acids is 1. The summed E-state index contributed by atoms with van der Waals surface area (Å²) in [6, 6.07) is 0. The van der Waals surface area contributed by atoms with Crippen molar-refractivity contribution in [2.45, 2.75) is 38.8 Å². The van der Waals surface area contributed by atoms with Crippen molar-refractivity contribution in [3.8, 4) is 0 Å². The Kier molecular flexibility index (Phi) is 4.70. The summed E-state index contributed by atoms with van der Waals surface area (Å²) >= 11 is 0. The molecule has 3 rings (SSSR count). The number of morpholine rings is 1. The van der Waals surface area contributed by atoms with Crippen LogP contribution in [-0.4, -0.2) is 71.0 Å². The molecule has 0 amide bonds.